The Morgan fingerprint density at radius 2 is 2.05 bits per heavy atom. The molecule has 2 atom stereocenters. The highest BCUT2D eigenvalue weighted by Gasteiger charge is 2.46. The van der Waals surface area contributed by atoms with Crippen LogP contribution in [0, 0.1) is 11.7 Å². The van der Waals surface area contributed by atoms with Gasteiger partial charge in [-0.25, -0.2) is 4.39 Å². The molecule has 1 heterocycles. The lowest BCUT2D eigenvalue weighted by Crippen LogP contribution is -2.63. The van der Waals surface area contributed by atoms with Gasteiger partial charge in [0.25, 0.3) is 5.91 Å². The van der Waals surface area contributed by atoms with Crippen molar-refractivity contribution in [2.45, 2.75) is 31.8 Å². The number of benzene rings is 1. The zero-order valence-corrected chi connectivity index (χ0v) is 12.5. The first-order valence-electron chi connectivity index (χ1n) is 6.57. The van der Waals surface area contributed by atoms with Gasteiger partial charge in [-0.05, 0) is 59.8 Å². The molecular formula is C14H14BrFN2O2. The number of carbonyl (C=O) groups excluding carboxylic acids is 2. The summed E-state index contributed by atoms with van der Waals surface area (Å²) in [4.78, 5) is 26.0. The van der Waals surface area contributed by atoms with Gasteiger partial charge >= 0.3 is 0 Å². The van der Waals surface area contributed by atoms with Crippen LogP contribution < -0.4 is 10.2 Å². The normalized spacial score (nSPS) is 26.6. The Hall–Kier alpha value is -1.43. The van der Waals surface area contributed by atoms with Gasteiger partial charge in [0.2, 0.25) is 5.91 Å². The van der Waals surface area contributed by atoms with Gasteiger partial charge in [-0.1, -0.05) is 0 Å². The number of amides is 2. The Balaban J connectivity index is 2.01. The van der Waals surface area contributed by atoms with E-state index in [1.807, 2.05) is 0 Å². The molecule has 1 aromatic rings. The Bertz CT molecular complexity index is 589. The fraction of sp³-hybridized carbons (Fsp3) is 0.429. The van der Waals surface area contributed by atoms with Crippen molar-refractivity contribution in [2.75, 3.05) is 4.90 Å². The molecule has 1 N–H and O–H groups in total. The van der Waals surface area contributed by atoms with Gasteiger partial charge in [-0.15, -0.1) is 0 Å². The molecule has 106 valence electrons. The van der Waals surface area contributed by atoms with E-state index in [1.165, 1.54) is 17.0 Å². The van der Waals surface area contributed by atoms with Gasteiger partial charge in [0.05, 0.1) is 5.69 Å². The molecule has 2 unspecified atom stereocenters. The van der Waals surface area contributed by atoms with Crippen LogP contribution in [0.25, 0.3) is 0 Å². The van der Waals surface area contributed by atoms with Crippen molar-refractivity contribution in [3.05, 3.63) is 28.5 Å². The summed E-state index contributed by atoms with van der Waals surface area (Å²) in [7, 11) is 0. The number of anilines is 1. The fourth-order valence-electron chi connectivity index (χ4n) is 2.54. The first-order chi connectivity index (χ1) is 9.49. The van der Waals surface area contributed by atoms with E-state index in [2.05, 4.69) is 21.2 Å². The summed E-state index contributed by atoms with van der Waals surface area (Å²) >= 11 is 3.32. The molecule has 2 amide bonds. The highest BCUT2D eigenvalue weighted by Crippen LogP contribution is 2.37. The second-order valence-corrected chi connectivity index (χ2v) is 6.16. The lowest BCUT2D eigenvalue weighted by molar-refractivity contribution is -0.134. The molecule has 0 aromatic heterocycles. The van der Waals surface area contributed by atoms with Crippen LogP contribution in [0.1, 0.15) is 19.8 Å². The third-order valence-electron chi connectivity index (χ3n) is 3.83. The van der Waals surface area contributed by atoms with Gasteiger partial charge in [0.1, 0.15) is 17.9 Å². The first-order valence-corrected chi connectivity index (χ1v) is 7.37. The molecule has 20 heavy (non-hydrogen) atoms. The molecule has 1 aliphatic carbocycles. The maximum atomic E-state index is 13.5. The molecule has 1 aliphatic heterocycles. The molecule has 6 heteroatoms. The van der Waals surface area contributed by atoms with Crippen molar-refractivity contribution in [1.82, 2.24) is 5.32 Å². The van der Waals surface area contributed by atoms with E-state index >= 15 is 0 Å². The maximum absolute atomic E-state index is 13.5. The lowest BCUT2D eigenvalue weighted by Gasteiger charge is -2.38. The van der Waals surface area contributed by atoms with E-state index in [0.29, 0.717) is 10.2 Å². The monoisotopic (exact) mass is 340 g/mol. The predicted octanol–water partition coefficient (Wildman–Crippen LogP) is 2.22. The molecule has 3 rings (SSSR count). The van der Waals surface area contributed by atoms with E-state index in [1.54, 1.807) is 13.0 Å². The Morgan fingerprint density at radius 1 is 1.35 bits per heavy atom. The highest BCUT2D eigenvalue weighted by atomic mass is 79.9. The van der Waals surface area contributed by atoms with Gasteiger partial charge in [0, 0.05) is 4.47 Å². The number of rotatable bonds is 2. The molecule has 0 spiro atoms. The number of piperazine rings is 1. The fourth-order valence-corrected chi connectivity index (χ4v) is 2.98. The van der Waals surface area contributed by atoms with Crippen LogP contribution in [-0.4, -0.2) is 23.9 Å². The summed E-state index contributed by atoms with van der Waals surface area (Å²) in [5.41, 5.74) is 0.406. The zero-order valence-electron chi connectivity index (χ0n) is 10.9. The average Bonchev–Trinajstić information content (AvgIpc) is 3.22. The van der Waals surface area contributed by atoms with E-state index in [4.69, 9.17) is 0 Å². The summed E-state index contributed by atoms with van der Waals surface area (Å²) in [6.07, 6.45) is 1.90. The van der Waals surface area contributed by atoms with Crippen LogP contribution in [0.2, 0.25) is 0 Å². The smallest absolute Gasteiger partial charge is 0.250 e. The molecule has 2 fully saturated rings. The molecule has 2 aliphatic rings. The van der Waals surface area contributed by atoms with E-state index in [9.17, 15) is 14.0 Å². The average molecular weight is 341 g/mol. The molecule has 0 bridgehead atoms. The van der Waals surface area contributed by atoms with Gasteiger partial charge < -0.3 is 5.32 Å². The minimum absolute atomic E-state index is 0.161. The Labute approximate surface area is 124 Å². The minimum atomic E-state index is -0.643. The topological polar surface area (TPSA) is 49.4 Å². The third kappa shape index (κ3) is 2.22. The van der Waals surface area contributed by atoms with Crippen LogP contribution in [0.4, 0.5) is 10.1 Å². The van der Waals surface area contributed by atoms with E-state index < -0.39 is 17.9 Å². The Kier molecular flexibility index (Phi) is 3.28. The van der Waals surface area contributed by atoms with Gasteiger partial charge in [-0.2, -0.15) is 0 Å². The summed E-state index contributed by atoms with van der Waals surface area (Å²) < 4.78 is 14.1. The number of hydrogen-bond acceptors (Lipinski definition) is 2. The highest BCUT2D eigenvalue weighted by molar-refractivity contribution is 9.10. The van der Waals surface area contributed by atoms with Crippen LogP contribution in [-0.2, 0) is 9.59 Å². The third-order valence-corrected chi connectivity index (χ3v) is 4.50. The number of hydrogen-bond donors (Lipinski definition) is 1. The zero-order chi connectivity index (χ0) is 14.4. The van der Waals surface area contributed by atoms with E-state index in [0.717, 1.165) is 12.8 Å². The Morgan fingerprint density at radius 3 is 2.70 bits per heavy atom. The van der Waals surface area contributed by atoms with Crippen molar-refractivity contribution in [2.24, 2.45) is 5.92 Å². The van der Waals surface area contributed by atoms with Crippen molar-refractivity contribution in [3.63, 3.8) is 0 Å². The first kappa shape index (κ1) is 13.5. The molecule has 4 nitrogen and oxygen atoms in total. The van der Waals surface area contributed by atoms with Crippen molar-refractivity contribution < 1.29 is 14.0 Å². The van der Waals surface area contributed by atoms with Gasteiger partial charge in [-0.3, -0.25) is 14.5 Å². The maximum Gasteiger partial charge on any atom is 0.250 e. The second kappa shape index (κ2) is 4.84. The molecule has 1 saturated carbocycles. The predicted molar refractivity (Wildman–Crippen MR) is 75.7 cm³/mol. The van der Waals surface area contributed by atoms with Crippen LogP contribution in [0.3, 0.4) is 0 Å². The molecule has 1 aromatic carbocycles. The summed E-state index contributed by atoms with van der Waals surface area (Å²) in [5.74, 6) is -0.575. The lowest BCUT2D eigenvalue weighted by atomic mass is 10.0. The molecule has 0 radical (unpaired) electrons. The summed E-state index contributed by atoms with van der Waals surface area (Å²) in [5, 5.41) is 2.77. The summed E-state index contributed by atoms with van der Waals surface area (Å²) in [6.45, 7) is 1.65. The molecular weight excluding hydrogens is 327 g/mol. The van der Waals surface area contributed by atoms with Crippen molar-refractivity contribution in [3.8, 4) is 0 Å². The van der Waals surface area contributed by atoms with Gasteiger partial charge in [0.15, 0.2) is 0 Å². The molecule has 1 saturated heterocycles. The van der Waals surface area contributed by atoms with Crippen molar-refractivity contribution in [1.29, 1.82) is 0 Å². The van der Waals surface area contributed by atoms with E-state index in [-0.39, 0.29) is 17.7 Å². The van der Waals surface area contributed by atoms with Crippen LogP contribution in [0.5, 0.6) is 0 Å². The number of carbonyl (C=O) groups is 2. The second-order valence-electron chi connectivity index (χ2n) is 5.30. The SMILES string of the molecule is CC1C(=O)NC(C2CC2)C(=O)N1c1cc(F)ccc1Br. The number of nitrogens with one attached hydrogen (secondary N) is 1. The number of nitrogens with zero attached hydrogens (tertiary/aromatic N) is 1. The summed E-state index contributed by atoms with van der Waals surface area (Å²) in [6, 6.07) is 3.01. The van der Waals surface area contributed by atoms with Crippen LogP contribution >= 0.6 is 15.9 Å². The quantitative estimate of drug-likeness (QED) is 0.897. The standard InChI is InChI=1S/C14H14BrFN2O2/c1-7-13(19)17-12(8-2-3-8)14(20)18(7)11-6-9(16)4-5-10(11)15/h4-8,12H,2-3H2,1H3,(H,17,19). The number of halogens is 2. The minimum Gasteiger partial charge on any atom is -0.342 e. The van der Waals surface area contributed by atoms with Crippen molar-refractivity contribution >= 4 is 33.4 Å². The largest absolute Gasteiger partial charge is 0.342 e. The van der Waals surface area contributed by atoms with Crippen LogP contribution in [0.15, 0.2) is 22.7 Å².